The van der Waals surface area contributed by atoms with Gasteiger partial charge in [-0.3, -0.25) is 9.79 Å². The molecule has 2 rings (SSSR count). The molecule has 0 amide bonds. The number of carbonyl (C=O) groups excluding carboxylic acids is 1. The lowest BCUT2D eigenvalue weighted by Gasteiger charge is -2.33. The van der Waals surface area contributed by atoms with Crippen molar-refractivity contribution in [2.45, 2.75) is 40.2 Å². The summed E-state index contributed by atoms with van der Waals surface area (Å²) in [5.74, 6) is 1.75. The van der Waals surface area contributed by atoms with Crippen LogP contribution in [-0.2, 0) is 16.1 Å². The summed E-state index contributed by atoms with van der Waals surface area (Å²) in [6.07, 6.45) is 1.61. The molecule has 1 N–H and O–H groups in total. The van der Waals surface area contributed by atoms with Gasteiger partial charge in [-0.2, -0.15) is 0 Å². The van der Waals surface area contributed by atoms with Gasteiger partial charge in [-0.05, 0) is 50.8 Å². The van der Waals surface area contributed by atoms with E-state index in [1.165, 1.54) is 5.56 Å². The van der Waals surface area contributed by atoms with Crippen LogP contribution in [0.5, 0.6) is 5.75 Å². The quantitative estimate of drug-likeness (QED) is 0.288. The van der Waals surface area contributed by atoms with Crippen molar-refractivity contribution in [1.82, 2.24) is 10.2 Å². The van der Waals surface area contributed by atoms with E-state index in [1.54, 1.807) is 7.05 Å². The van der Waals surface area contributed by atoms with E-state index >= 15 is 0 Å². The second-order valence-electron chi connectivity index (χ2n) is 6.45. The number of nitrogens with one attached hydrogen (secondary N) is 1. The Morgan fingerprint density at radius 2 is 1.96 bits per heavy atom. The van der Waals surface area contributed by atoms with Gasteiger partial charge in [0, 0.05) is 26.7 Å². The van der Waals surface area contributed by atoms with Crippen LogP contribution in [0.15, 0.2) is 23.2 Å². The Morgan fingerprint density at radius 3 is 2.52 bits per heavy atom. The fourth-order valence-electron chi connectivity index (χ4n) is 3.24. The maximum atomic E-state index is 11.9. The average molecular weight is 489 g/mol. The van der Waals surface area contributed by atoms with E-state index in [-0.39, 0.29) is 35.9 Å². The molecule has 0 unspecified atom stereocenters. The van der Waals surface area contributed by atoms with E-state index in [2.05, 4.69) is 34.3 Å². The number of guanidine groups is 1. The number of halogens is 1. The Labute approximate surface area is 179 Å². The van der Waals surface area contributed by atoms with Crippen molar-refractivity contribution in [3.8, 4) is 5.75 Å². The van der Waals surface area contributed by atoms with E-state index in [9.17, 15) is 4.79 Å². The summed E-state index contributed by atoms with van der Waals surface area (Å²) in [6, 6.07) is 6.23. The van der Waals surface area contributed by atoms with Crippen molar-refractivity contribution >= 4 is 35.9 Å². The molecule has 0 aromatic heterocycles. The number of benzene rings is 1. The molecule has 0 radical (unpaired) electrons. The molecule has 1 heterocycles. The van der Waals surface area contributed by atoms with Crippen LogP contribution in [0.1, 0.15) is 37.8 Å². The summed E-state index contributed by atoms with van der Waals surface area (Å²) >= 11 is 0. The lowest BCUT2D eigenvalue weighted by Crippen LogP contribution is -2.46. The standard InChI is InChI=1S/C20H31N3O3.HI/c1-5-25-18-8-7-16(13-15(18)3)14-22-20(21-4)23-11-9-17(10-12-23)19(24)26-6-2;/h7-8,13,17H,5-6,9-12,14H2,1-4H3,(H,21,22);1H. The van der Waals surface area contributed by atoms with Crippen LogP contribution in [0.4, 0.5) is 0 Å². The van der Waals surface area contributed by atoms with E-state index in [0.29, 0.717) is 19.8 Å². The number of carbonyl (C=O) groups is 1. The summed E-state index contributed by atoms with van der Waals surface area (Å²) in [7, 11) is 1.79. The summed E-state index contributed by atoms with van der Waals surface area (Å²) in [6.45, 7) is 9.35. The molecule has 0 bridgehead atoms. The molecule has 0 aliphatic carbocycles. The van der Waals surface area contributed by atoms with Crippen molar-refractivity contribution < 1.29 is 14.3 Å². The van der Waals surface area contributed by atoms with Gasteiger partial charge in [-0.1, -0.05) is 12.1 Å². The minimum absolute atomic E-state index is 0. The van der Waals surface area contributed by atoms with Gasteiger partial charge in [0.25, 0.3) is 0 Å². The first-order valence-electron chi connectivity index (χ1n) is 9.43. The largest absolute Gasteiger partial charge is 0.494 e. The Balaban J connectivity index is 0.00000364. The van der Waals surface area contributed by atoms with Crippen LogP contribution >= 0.6 is 24.0 Å². The molecule has 152 valence electrons. The van der Waals surface area contributed by atoms with Crippen molar-refractivity contribution in [3.63, 3.8) is 0 Å². The Bertz CT molecular complexity index is 629. The molecule has 1 fully saturated rings. The molecule has 0 spiro atoms. The molecule has 0 saturated carbocycles. The first-order valence-corrected chi connectivity index (χ1v) is 9.43. The van der Waals surface area contributed by atoms with Crippen LogP contribution in [0, 0.1) is 12.8 Å². The first kappa shape index (κ1) is 23.5. The van der Waals surface area contributed by atoms with Gasteiger partial charge in [-0.25, -0.2) is 0 Å². The highest BCUT2D eigenvalue weighted by Gasteiger charge is 2.27. The highest BCUT2D eigenvalue weighted by molar-refractivity contribution is 14.0. The van der Waals surface area contributed by atoms with Gasteiger partial charge in [0.15, 0.2) is 5.96 Å². The molecule has 27 heavy (non-hydrogen) atoms. The SMILES string of the molecule is CCOC(=O)C1CCN(C(=NC)NCc2ccc(OCC)c(C)c2)CC1.I. The second-order valence-corrected chi connectivity index (χ2v) is 6.45. The predicted molar refractivity (Wildman–Crippen MR) is 119 cm³/mol. The van der Waals surface area contributed by atoms with Gasteiger partial charge in [0.2, 0.25) is 0 Å². The third kappa shape index (κ3) is 6.86. The van der Waals surface area contributed by atoms with Crippen LogP contribution in [0.3, 0.4) is 0 Å². The molecule has 6 nitrogen and oxygen atoms in total. The normalized spacial score (nSPS) is 15.1. The number of nitrogens with zero attached hydrogens (tertiary/aromatic N) is 2. The molecular formula is C20H32IN3O3. The zero-order valence-electron chi connectivity index (χ0n) is 16.8. The third-order valence-electron chi connectivity index (χ3n) is 4.62. The third-order valence-corrected chi connectivity index (χ3v) is 4.62. The smallest absolute Gasteiger partial charge is 0.309 e. The molecule has 1 aromatic rings. The van der Waals surface area contributed by atoms with Crippen molar-refractivity contribution in [3.05, 3.63) is 29.3 Å². The van der Waals surface area contributed by atoms with Gasteiger partial charge < -0.3 is 19.7 Å². The molecule has 1 saturated heterocycles. The highest BCUT2D eigenvalue weighted by Crippen LogP contribution is 2.20. The van der Waals surface area contributed by atoms with Crippen LogP contribution < -0.4 is 10.1 Å². The van der Waals surface area contributed by atoms with E-state index in [0.717, 1.165) is 43.2 Å². The van der Waals surface area contributed by atoms with E-state index in [1.807, 2.05) is 19.9 Å². The van der Waals surface area contributed by atoms with E-state index < -0.39 is 0 Å². The first-order chi connectivity index (χ1) is 12.6. The van der Waals surface area contributed by atoms with Gasteiger partial charge >= 0.3 is 5.97 Å². The summed E-state index contributed by atoms with van der Waals surface area (Å²) < 4.78 is 10.7. The number of ether oxygens (including phenoxy) is 2. The summed E-state index contributed by atoms with van der Waals surface area (Å²) in [4.78, 5) is 18.5. The second kappa shape index (κ2) is 12.0. The molecule has 1 aliphatic heterocycles. The Hall–Kier alpha value is -1.51. The van der Waals surface area contributed by atoms with Gasteiger partial charge in [0.05, 0.1) is 19.1 Å². The lowest BCUT2D eigenvalue weighted by molar-refractivity contribution is -0.149. The van der Waals surface area contributed by atoms with Crippen LogP contribution in [0.2, 0.25) is 0 Å². The number of aliphatic imine (C=N–C) groups is 1. The number of rotatable bonds is 6. The zero-order chi connectivity index (χ0) is 18.9. The molecular weight excluding hydrogens is 457 g/mol. The van der Waals surface area contributed by atoms with Gasteiger partial charge in [-0.15, -0.1) is 24.0 Å². The Kier molecular flexibility index (Phi) is 10.5. The maximum absolute atomic E-state index is 11.9. The number of likely N-dealkylation sites (tertiary alicyclic amines) is 1. The van der Waals surface area contributed by atoms with Crippen LogP contribution in [-0.4, -0.2) is 50.2 Å². The van der Waals surface area contributed by atoms with E-state index in [4.69, 9.17) is 9.47 Å². The van der Waals surface area contributed by atoms with Crippen molar-refractivity contribution in [2.24, 2.45) is 10.9 Å². The van der Waals surface area contributed by atoms with Crippen LogP contribution in [0.25, 0.3) is 0 Å². The summed E-state index contributed by atoms with van der Waals surface area (Å²) in [5.41, 5.74) is 2.32. The van der Waals surface area contributed by atoms with Crippen molar-refractivity contribution in [1.29, 1.82) is 0 Å². The number of esters is 1. The fourth-order valence-corrected chi connectivity index (χ4v) is 3.24. The highest BCUT2D eigenvalue weighted by atomic mass is 127. The van der Waals surface area contributed by atoms with Gasteiger partial charge in [0.1, 0.15) is 5.75 Å². The number of hydrogen-bond acceptors (Lipinski definition) is 4. The minimum Gasteiger partial charge on any atom is -0.494 e. The average Bonchev–Trinajstić information content (AvgIpc) is 2.65. The monoisotopic (exact) mass is 489 g/mol. The zero-order valence-corrected chi connectivity index (χ0v) is 19.1. The molecule has 1 aromatic carbocycles. The Morgan fingerprint density at radius 1 is 1.26 bits per heavy atom. The minimum atomic E-state index is -0.0695. The molecule has 0 atom stereocenters. The topological polar surface area (TPSA) is 63.2 Å². The molecule has 7 heteroatoms. The maximum Gasteiger partial charge on any atom is 0.309 e. The number of aryl methyl sites for hydroxylation is 1. The van der Waals surface area contributed by atoms with Crippen molar-refractivity contribution in [2.75, 3.05) is 33.4 Å². The molecule has 1 aliphatic rings. The summed E-state index contributed by atoms with van der Waals surface area (Å²) in [5, 5.41) is 3.42. The lowest BCUT2D eigenvalue weighted by atomic mass is 9.97. The number of piperidine rings is 1. The fraction of sp³-hybridized carbons (Fsp3) is 0.600. The number of hydrogen-bond donors (Lipinski definition) is 1. The predicted octanol–water partition coefficient (Wildman–Crippen LogP) is 3.36.